The van der Waals surface area contributed by atoms with Gasteiger partial charge in [0.2, 0.25) is 5.78 Å². The average Bonchev–Trinajstić information content (AvgIpc) is 3.09. The maximum absolute atomic E-state index is 12.4. The summed E-state index contributed by atoms with van der Waals surface area (Å²) in [6.45, 7) is 0. The van der Waals surface area contributed by atoms with Crippen molar-refractivity contribution in [1.82, 2.24) is 15.0 Å². The summed E-state index contributed by atoms with van der Waals surface area (Å²) in [6.07, 6.45) is 1.09. The van der Waals surface area contributed by atoms with Gasteiger partial charge in [-0.2, -0.15) is 0 Å². The number of aromatic amines is 1. The largest absolute Gasteiger partial charge is 0.395 e. The van der Waals surface area contributed by atoms with Crippen molar-refractivity contribution in [3.8, 4) is 11.4 Å². The lowest BCUT2D eigenvalue weighted by Gasteiger charge is -2.13. The molecule has 0 bridgehead atoms. The Balaban J connectivity index is 1.83. The minimum absolute atomic E-state index is 0.0389. The lowest BCUT2D eigenvalue weighted by molar-refractivity contribution is 0.0979. The van der Waals surface area contributed by atoms with Gasteiger partial charge in [0.25, 0.3) is 5.91 Å². The number of primary amides is 1. The van der Waals surface area contributed by atoms with Gasteiger partial charge in [-0.1, -0.05) is 18.2 Å². The van der Waals surface area contributed by atoms with Crippen LogP contribution in [0, 0.1) is 0 Å². The van der Waals surface area contributed by atoms with Gasteiger partial charge in [0, 0.05) is 22.4 Å². The van der Waals surface area contributed by atoms with Crippen LogP contribution in [0.4, 0.5) is 0 Å². The van der Waals surface area contributed by atoms with Crippen LogP contribution in [0.3, 0.4) is 0 Å². The van der Waals surface area contributed by atoms with Crippen LogP contribution in [-0.2, 0) is 0 Å². The highest BCUT2D eigenvalue weighted by Crippen LogP contribution is 2.32. The van der Waals surface area contributed by atoms with Crippen molar-refractivity contribution in [3.05, 3.63) is 71.2 Å². The number of benzene rings is 1. The first-order valence-electron chi connectivity index (χ1n) is 8.73. The Hall–Kier alpha value is -4.33. The van der Waals surface area contributed by atoms with Crippen LogP contribution in [0.2, 0.25) is 0 Å². The number of para-hydroxylation sites is 1. The first-order chi connectivity index (χ1) is 13.9. The molecule has 4 aromatic rings. The number of H-pyrrole nitrogens is 1. The van der Waals surface area contributed by atoms with Crippen LogP contribution in [0.25, 0.3) is 33.2 Å². The van der Waals surface area contributed by atoms with E-state index in [9.17, 15) is 14.4 Å². The Kier molecular flexibility index (Phi) is 3.38. The van der Waals surface area contributed by atoms with Crippen LogP contribution in [0.1, 0.15) is 31.3 Å². The molecule has 5 N–H and O–H groups in total. The quantitative estimate of drug-likeness (QED) is 0.483. The number of allylic oxidation sites excluding steroid dienone is 2. The van der Waals surface area contributed by atoms with Gasteiger partial charge < -0.3 is 16.5 Å². The second kappa shape index (κ2) is 5.83. The van der Waals surface area contributed by atoms with Crippen molar-refractivity contribution in [2.75, 3.05) is 0 Å². The molecule has 1 aliphatic rings. The number of hydrogen-bond donors (Lipinski definition) is 3. The van der Waals surface area contributed by atoms with Gasteiger partial charge in [-0.05, 0) is 24.3 Å². The van der Waals surface area contributed by atoms with Crippen molar-refractivity contribution in [1.29, 1.82) is 0 Å². The van der Waals surface area contributed by atoms with Crippen LogP contribution >= 0.6 is 0 Å². The molecule has 1 amide bonds. The Morgan fingerprint density at radius 3 is 2.55 bits per heavy atom. The molecule has 0 radical (unpaired) electrons. The zero-order valence-corrected chi connectivity index (χ0v) is 14.9. The molecule has 0 spiro atoms. The number of hydrogen-bond acceptors (Lipinski definition) is 6. The van der Waals surface area contributed by atoms with E-state index in [0.717, 1.165) is 22.4 Å². The molecule has 0 unspecified atom stereocenters. The van der Waals surface area contributed by atoms with Crippen molar-refractivity contribution >= 4 is 39.3 Å². The summed E-state index contributed by atoms with van der Waals surface area (Å²) in [5, 5.41) is 1.64. The van der Waals surface area contributed by atoms with Crippen LogP contribution < -0.4 is 11.5 Å². The second-order valence-corrected chi connectivity index (χ2v) is 6.70. The van der Waals surface area contributed by atoms with Crippen molar-refractivity contribution in [2.24, 2.45) is 11.5 Å². The molecule has 0 saturated carbocycles. The smallest absolute Gasteiger partial charge is 0.267 e. The fraction of sp³-hybridized carbons (Fsp3) is 0. The number of fused-ring (bicyclic) bond motifs is 4. The van der Waals surface area contributed by atoms with Crippen molar-refractivity contribution < 1.29 is 14.4 Å². The zero-order chi connectivity index (χ0) is 20.3. The molecule has 1 aliphatic carbocycles. The maximum atomic E-state index is 12.4. The van der Waals surface area contributed by atoms with Crippen molar-refractivity contribution in [3.63, 3.8) is 0 Å². The van der Waals surface area contributed by atoms with E-state index in [0.29, 0.717) is 16.9 Å². The number of rotatable bonds is 2. The first kappa shape index (κ1) is 16.8. The molecule has 8 heteroatoms. The van der Waals surface area contributed by atoms with E-state index >= 15 is 0 Å². The Bertz CT molecular complexity index is 1430. The molecular weight excluding hydrogens is 370 g/mol. The number of nitrogens with two attached hydrogens (primary N) is 2. The number of carbonyl (C=O) groups excluding carboxylic acids is 3. The number of nitrogens with one attached hydrogen (secondary N) is 1. The molecule has 0 fully saturated rings. The second-order valence-electron chi connectivity index (χ2n) is 6.70. The molecule has 5 rings (SSSR count). The maximum Gasteiger partial charge on any atom is 0.267 e. The van der Waals surface area contributed by atoms with Gasteiger partial charge in [-0.25, -0.2) is 9.97 Å². The Morgan fingerprint density at radius 1 is 0.966 bits per heavy atom. The molecular formula is C21H13N5O3. The highest BCUT2D eigenvalue weighted by atomic mass is 16.1. The summed E-state index contributed by atoms with van der Waals surface area (Å²) in [5.74, 6) is -1.60. The molecule has 140 valence electrons. The minimum atomic E-state index is -0.685. The molecule has 3 aromatic heterocycles. The third kappa shape index (κ3) is 2.43. The molecule has 1 aromatic carbocycles. The van der Waals surface area contributed by atoms with Crippen LogP contribution in [-0.4, -0.2) is 32.4 Å². The van der Waals surface area contributed by atoms with E-state index in [1.165, 1.54) is 6.07 Å². The van der Waals surface area contributed by atoms with Gasteiger partial charge in [-0.15, -0.1) is 0 Å². The van der Waals surface area contributed by atoms with E-state index < -0.39 is 11.7 Å². The first-order valence-corrected chi connectivity index (χ1v) is 8.73. The third-order valence-corrected chi connectivity index (χ3v) is 4.92. The summed E-state index contributed by atoms with van der Waals surface area (Å²) in [4.78, 5) is 48.4. The molecule has 3 heterocycles. The standard InChI is InChI=1S/C21H13N5O3/c22-12-8-16(27)10-5-6-14(25-18(10)20(12)28)19-17-11(7-15(26-19)21(23)29)9-3-1-2-4-13(9)24-17/h1-8,24H,22H2,(H2,23,29). The number of carbonyl (C=O) groups is 3. The Labute approximate surface area is 163 Å². The SMILES string of the molecule is NC(=O)c1cc2c([nH]c3ccccc32)c(-c2ccc3c(n2)C(=O)C(N)=CC3=O)n1. The van der Waals surface area contributed by atoms with E-state index in [1.54, 1.807) is 12.1 Å². The fourth-order valence-electron chi connectivity index (χ4n) is 3.54. The molecule has 0 atom stereocenters. The lowest BCUT2D eigenvalue weighted by Crippen LogP contribution is -2.23. The number of pyridine rings is 2. The lowest BCUT2D eigenvalue weighted by atomic mass is 9.97. The summed E-state index contributed by atoms with van der Waals surface area (Å²) < 4.78 is 0. The highest BCUT2D eigenvalue weighted by molar-refractivity contribution is 6.23. The average molecular weight is 383 g/mol. The summed E-state index contributed by atoms with van der Waals surface area (Å²) in [7, 11) is 0. The van der Waals surface area contributed by atoms with Gasteiger partial charge in [-0.3, -0.25) is 14.4 Å². The highest BCUT2D eigenvalue weighted by Gasteiger charge is 2.27. The van der Waals surface area contributed by atoms with Gasteiger partial charge in [0.15, 0.2) is 5.78 Å². The Morgan fingerprint density at radius 2 is 1.76 bits per heavy atom. The number of aromatic nitrogens is 3. The van der Waals surface area contributed by atoms with E-state index in [4.69, 9.17) is 11.5 Å². The summed E-state index contributed by atoms with van der Waals surface area (Å²) >= 11 is 0. The van der Waals surface area contributed by atoms with E-state index in [2.05, 4.69) is 15.0 Å². The molecule has 0 saturated heterocycles. The van der Waals surface area contributed by atoms with Crippen LogP contribution in [0.15, 0.2) is 54.2 Å². The number of nitrogens with zero attached hydrogens (tertiary/aromatic N) is 2. The fourth-order valence-corrected chi connectivity index (χ4v) is 3.54. The predicted octanol–water partition coefficient (Wildman–Crippen LogP) is 2.10. The van der Waals surface area contributed by atoms with Gasteiger partial charge in [0.1, 0.15) is 17.1 Å². The number of Topliss-reactive ketones (excluding diaryl/α,β-unsaturated/α-hetero) is 1. The summed E-state index contributed by atoms with van der Waals surface area (Å²) in [5.41, 5.74) is 13.3. The van der Waals surface area contributed by atoms with E-state index in [1.807, 2.05) is 24.3 Å². The minimum Gasteiger partial charge on any atom is -0.395 e. The van der Waals surface area contributed by atoms with Crippen LogP contribution in [0.5, 0.6) is 0 Å². The monoisotopic (exact) mass is 383 g/mol. The number of amides is 1. The third-order valence-electron chi connectivity index (χ3n) is 4.92. The zero-order valence-electron chi connectivity index (χ0n) is 14.9. The normalized spacial score (nSPS) is 13.6. The molecule has 0 aliphatic heterocycles. The van der Waals surface area contributed by atoms with Gasteiger partial charge in [0.05, 0.1) is 22.5 Å². The number of ketones is 2. The topological polar surface area (TPSA) is 145 Å². The van der Waals surface area contributed by atoms with Gasteiger partial charge >= 0.3 is 0 Å². The molecule has 8 nitrogen and oxygen atoms in total. The van der Waals surface area contributed by atoms with E-state index in [-0.39, 0.29) is 28.4 Å². The molecule has 29 heavy (non-hydrogen) atoms. The van der Waals surface area contributed by atoms with Crippen molar-refractivity contribution in [2.45, 2.75) is 0 Å². The summed E-state index contributed by atoms with van der Waals surface area (Å²) in [6, 6.07) is 12.3. The predicted molar refractivity (Wildman–Crippen MR) is 106 cm³/mol.